The van der Waals surface area contributed by atoms with Crippen molar-refractivity contribution in [1.29, 1.82) is 5.26 Å². The third-order valence-electron chi connectivity index (χ3n) is 3.48. The molecule has 0 unspecified atom stereocenters. The fourth-order valence-electron chi connectivity index (χ4n) is 2.34. The van der Waals surface area contributed by atoms with E-state index < -0.39 is 0 Å². The van der Waals surface area contributed by atoms with Gasteiger partial charge in [0.05, 0.1) is 5.56 Å². The lowest BCUT2D eigenvalue weighted by Crippen LogP contribution is -2.25. The minimum absolute atomic E-state index is 0.589. The molecule has 0 aromatic heterocycles. The predicted octanol–water partition coefficient (Wildman–Crippen LogP) is 4.31. The zero-order valence-electron chi connectivity index (χ0n) is 10.0. The Morgan fingerprint density at radius 1 is 1.29 bits per heavy atom. The molecule has 0 amide bonds. The molecule has 3 heteroatoms. The molecule has 0 aliphatic heterocycles. The van der Waals surface area contributed by atoms with E-state index in [1.54, 1.807) is 0 Å². The minimum Gasteiger partial charge on any atom is -0.382 e. The number of hydrogen-bond acceptors (Lipinski definition) is 2. The number of rotatable bonds is 2. The summed E-state index contributed by atoms with van der Waals surface area (Å²) in [4.78, 5) is 0. The van der Waals surface area contributed by atoms with Crippen LogP contribution in [0.15, 0.2) is 22.7 Å². The van der Waals surface area contributed by atoms with Crippen LogP contribution in [-0.4, -0.2) is 6.04 Å². The molecular formula is C14H17BrN2. The summed E-state index contributed by atoms with van der Waals surface area (Å²) in [6.07, 6.45) is 5.13. The first-order valence-electron chi connectivity index (χ1n) is 6.15. The summed E-state index contributed by atoms with van der Waals surface area (Å²) in [5.41, 5.74) is 1.79. The first-order valence-corrected chi connectivity index (χ1v) is 6.94. The molecular weight excluding hydrogens is 276 g/mol. The molecule has 2 rings (SSSR count). The highest BCUT2D eigenvalue weighted by molar-refractivity contribution is 9.10. The number of hydrogen-bond donors (Lipinski definition) is 1. The zero-order valence-corrected chi connectivity index (χ0v) is 11.6. The monoisotopic (exact) mass is 292 g/mol. The second-order valence-electron chi connectivity index (χ2n) is 4.91. The van der Waals surface area contributed by atoms with Crippen LogP contribution in [0.25, 0.3) is 0 Å². The predicted molar refractivity (Wildman–Crippen MR) is 73.9 cm³/mol. The molecule has 1 aromatic rings. The van der Waals surface area contributed by atoms with E-state index in [-0.39, 0.29) is 0 Å². The number of nitriles is 1. The minimum atomic E-state index is 0.589. The highest BCUT2D eigenvalue weighted by Crippen LogP contribution is 2.27. The topological polar surface area (TPSA) is 35.8 Å². The second kappa shape index (κ2) is 5.55. The first kappa shape index (κ1) is 12.4. The Hall–Kier alpha value is -1.01. The fraction of sp³-hybridized carbons (Fsp3) is 0.500. The maximum atomic E-state index is 8.86. The molecule has 1 aliphatic carbocycles. The summed E-state index contributed by atoms with van der Waals surface area (Å²) < 4.78 is 0.870. The molecule has 2 nitrogen and oxygen atoms in total. The summed E-state index contributed by atoms with van der Waals surface area (Å²) in [6.45, 7) is 2.33. The molecule has 1 N–H and O–H groups in total. The summed E-state index contributed by atoms with van der Waals surface area (Å²) in [5.74, 6) is 0.876. The molecule has 0 atom stereocenters. The maximum absolute atomic E-state index is 8.86. The van der Waals surface area contributed by atoms with Crippen LogP contribution in [-0.2, 0) is 0 Å². The Balaban J connectivity index is 2.00. The van der Waals surface area contributed by atoms with Crippen molar-refractivity contribution >= 4 is 21.6 Å². The van der Waals surface area contributed by atoms with Crippen molar-refractivity contribution in [2.75, 3.05) is 5.32 Å². The van der Waals surface area contributed by atoms with Crippen LogP contribution in [0, 0.1) is 17.2 Å². The van der Waals surface area contributed by atoms with Gasteiger partial charge in [-0.1, -0.05) is 6.92 Å². The normalized spacial score (nSPS) is 24.1. The van der Waals surface area contributed by atoms with Gasteiger partial charge in [-0.3, -0.25) is 0 Å². The SMILES string of the molecule is CC1CCC(Nc2ccc(C#N)c(Br)c2)CC1. The number of nitrogens with zero attached hydrogens (tertiary/aromatic N) is 1. The Morgan fingerprint density at radius 2 is 2.00 bits per heavy atom. The summed E-state index contributed by atoms with van der Waals surface area (Å²) >= 11 is 3.42. The van der Waals surface area contributed by atoms with Crippen molar-refractivity contribution in [3.8, 4) is 6.07 Å². The molecule has 1 fully saturated rings. The molecule has 1 aromatic carbocycles. The van der Waals surface area contributed by atoms with Gasteiger partial charge in [-0.15, -0.1) is 0 Å². The van der Waals surface area contributed by atoms with Crippen molar-refractivity contribution in [2.24, 2.45) is 5.92 Å². The lowest BCUT2D eigenvalue weighted by Gasteiger charge is -2.27. The molecule has 0 heterocycles. The average molecular weight is 293 g/mol. The lowest BCUT2D eigenvalue weighted by molar-refractivity contribution is 0.361. The van der Waals surface area contributed by atoms with Crippen LogP contribution >= 0.6 is 15.9 Å². The van der Waals surface area contributed by atoms with E-state index in [9.17, 15) is 0 Å². The third-order valence-corrected chi connectivity index (χ3v) is 4.13. The van der Waals surface area contributed by atoms with Crippen LogP contribution in [0.4, 0.5) is 5.69 Å². The molecule has 17 heavy (non-hydrogen) atoms. The molecule has 0 spiro atoms. The smallest absolute Gasteiger partial charge is 0.100 e. The third kappa shape index (κ3) is 3.23. The van der Waals surface area contributed by atoms with Gasteiger partial charge in [0, 0.05) is 16.2 Å². The van der Waals surface area contributed by atoms with E-state index in [0.717, 1.165) is 16.1 Å². The molecule has 90 valence electrons. The van der Waals surface area contributed by atoms with Crippen LogP contribution < -0.4 is 5.32 Å². The van der Waals surface area contributed by atoms with Crippen molar-refractivity contribution < 1.29 is 0 Å². The summed E-state index contributed by atoms with van der Waals surface area (Å²) in [6, 6.07) is 8.59. The standard InChI is InChI=1S/C14H17BrN2/c1-10-2-5-12(6-3-10)17-13-7-4-11(9-16)14(15)8-13/h4,7-8,10,12,17H,2-3,5-6H2,1H3. The van der Waals surface area contributed by atoms with Crippen LogP contribution in [0.3, 0.4) is 0 Å². The van der Waals surface area contributed by atoms with E-state index in [1.807, 2.05) is 18.2 Å². The maximum Gasteiger partial charge on any atom is 0.100 e. The average Bonchev–Trinajstić information content (AvgIpc) is 2.32. The summed E-state index contributed by atoms with van der Waals surface area (Å²) in [5, 5.41) is 12.4. The molecule has 0 radical (unpaired) electrons. The van der Waals surface area contributed by atoms with Gasteiger partial charge in [0.25, 0.3) is 0 Å². The van der Waals surface area contributed by atoms with Crippen molar-refractivity contribution in [1.82, 2.24) is 0 Å². The second-order valence-corrected chi connectivity index (χ2v) is 5.76. The van der Waals surface area contributed by atoms with Crippen LogP contribution in [0.5, 0.6) is 0 Å². The van der Waals surface area contributed by atoms with Gasteiger partial charge in [-0.2, -0.15) is 5.26 Å². The van der Waals surface area contributed by atoms with E-state index in [1.165, 1.54) is 25.7 Å². The van der Waals surface area contributed by atoms with Gasteiger partial charge in [0.15, 0.2) is 0 Å². The van der Waals surface area contributed by atoms with Gasteiger partial charge >= 0.3 is 0 Å². The van der Waals surface area contributed by atoms with E-state index in [2.05, 4.69) is 34.2 Å². The quantitative estimate of drug-likeness (QED) is 0.882. The highest BCUT2D eigenvalue weighted by Gasteiger charge is 2.17. The Morgan fingerprint density at radius 3 is 2.59 bits per heavy atom. The largest absolute Gasteiger partial charge is 0.382 e. The van der Waals surface area contributed by atoms with Gasteiger partial charge in [0.1, 0.15) is 6.07 Å². The molecule has 1 saturated carbocycles. The lowest BCUT2D eigenvalue weighted by atomic mass is 9.87. The van der Waals surface area contributed by atoms with Crippen molar-refractivity contribution in [3.05, 3.63) is 28.2 Å². The molecule has 0 bridgehead atoms. The van der Waals surface area contributed by atoms with Gasteiger partial charge in [-0.05, 0) is 65.7 Å². The van der Waals surface area contributed by atoms with Gasteiger partial charge < -0.3 is 5.32 Å². The van der Waals surface area contributed by atoms with E-state index in [0.29, 0.717) is 11.6 Å². The van der Waals surface area contributed by atoms with E-state index in [4.69, 9.17) is 5.26 Å². The highest BCUT2D eigenvalue weighted by atomic mass is 79.9. The van der Waals surface area contributed by atoms with Crippen LogP contribution in [0.2, 0.25) is 0 Å². The number of anilines is 1. The van der Waals surface area contributed by atoms with Gasteiger partial charge in [0.2, 0.25) is 0 Å². The van der Waals surface area contributed by atoms with Crippen molar-refractivity contribution in [2.45, 2.75) is 38.6 Å². The number of benzene rings is 1. The first-order chi connectivity index (χ1) is 8.19. The molecule has 1 aliphatic rings. The van der Waals surface area contributed by atoms with E-state index >= 15 is 0 Å². The zero-order chi connectivity index (χ0) is 12.3. The van der Waals surface area contributed by atoms with Crippen LogP contribution in [0.1, 0.15) is 38.2 Å². The summed E-state index contributed by atoms with van der Waals surface area (Å²) in [7, 11) is 0. The Kier molecular flexibility index (Phi) is 4.06. The number of nitrogens with one attached hydrogen (secondary N) is 1. The Labute approximate surface area is 111 Å². The fourth-order valence-corrected chi connectivity index (χ4v) is 2.80. The number of halogens is 1. The Bertz CT molecular complexity index is 428. The molecule has 0 saturated heterocycles. The van der Waals surface area contributed by atoms with Crippen molar-refractivity contribution in [3.63, 3.8) is 0 Å². The van der Waals surface area contributed by atoms with Gasteiger partial charge in [-0.25, -0.2) is 0 Å².